The van der Waals surface area contributed by atoms with Gasteiger partial charge in [-0.3, -0.25) is 4.90 Å². The van der Waals surface area contributed by atoms with Crippen molar-refractivity contribution in [3.63, 3.8) is 0 Å². The minimum absolute atomic E-state index is 0. The molecule has 21 heavy (non-hydrogen) atoms. The molecule has 0 saturated carbocycles. The first kappa shape index (κ1) is 21.2. The van der Waals surface area contributed by atoms with Crippen LogP contribution in [0, 0.1) is 0 Å². The van der Waals surface area contributed by atoms with E-state index in [1.807, 2.05) is 0 Å². The molecule has 1 saturated heterocycles. The Balaban J connectivity index is 0.00000200. The Morgan fingerprint density at radius 2 is 1.71 bits per heavy atom. The van der Waals surface area contributed by atoms with Gasteiger partial charge in [-0.25, -0.2) is 0 Å². The number of nitrogens with one attached hydrogen (secondary N) is 1. The highest BCUT2D eigenvalue weighted by molar-refractivity contribution is 9.10. The summed E-state index contributed by atoms with van der Waals surface area (Å²) in [5.74, 6) is 0. The molecule has 1 aliphatic rings. The monoisotopic (exact) mass is 396 g/mol. The van der Waals surface area contributed by atoms with Crippen LogP contribution in [0.25, 0.3) is 0 Å². The predicted octanol–water partition coefficient (Wildman–Crippen LogP) is 4.82. The number of hydrogen-bond donors (Lipinski definition) is 1. The lowest BCUT2D eigenvalue weighted by Gasteiger charge is -2.35. The second-order valence-electron chi connectivity index (χ2n) is 5.35. The molecule has 1 atom stereocenters. The van der Waals surface area contributed by atoms with Gasteiger partial charge in [0.1, 0.15) is 0 Å². The summed E-state index contributed by atoms with van der Waals surface area (Å²) in [6.45, 7) is 6.88. The summed E-state index contributed by atoms with van der Waals surface area (Å²) < 4.78 is 1.17. The maximum absolute atomic E-state index is 3.53. The summed E-state index contributed by atoms with van der Waals surface area (Å²) in [5.41, 5.74) is 1.47. The number of hydrogen-bond acceptors (Lipinski definition) is 2. The number of halogens is 3. The Bertz CT molecular complexity index is 367. The highest BCUT2D eigenvalue weighted by Gasteiger charge is 2.21. The zero-order valence-electron chi connectivity index (χ0n) is 12.7. The molecule has 0 aliphatic carbocycles. The van der Waals surface area contributed by atoms with Gasteiger partial charge in [-0.15, -0.1) is 24.8 Å². The van der Waals surface area contributed by atoms with Crippen molar-refractivity contribution in [3.8, 4) is 0 Å². The molecule has 0 amide bonds. The molecule has 1 aliphatic heterocycles. The molecule has 1 aromatic carbocycles. The lowest BCUT2D eigenvalue weighted by molar-refractivity contribution is 0.162. The Hall–Kier alpha value is 0.200. The van der Waals surface area contributed by atoms with Crippen LogP contribution in [0.5, 0.6) is 0 Å². The highest BCUT2D eigenvalue weighted by atomic mass is 79.9. The number of nitrogens with zero attached hydrogens (tertiary/aromatic N) is 1. The van der Waals surface area contributed by atoms with E-state index in [-0.39, 0.29) is 24.8 Å². The van der Waals surface area contributed by atoms with Gasteiger partial charge in [0, 0.05) is 36.7 Å². The second kappa shape index (κ2) is 11.7. The van der Waals surface area contributed by atoms with Crippen LogP contribution in [-0.2, 0) is 0 Å². The average Bonchev–Trinajstić information content (AvgIpc) is 2.46. The fourth-order valence-electron chi connectivity index (χ4n) is 2.83. The van der Waals surface area contributed by atoms with Gasteiger partial charge in [-0.2, -0.15) is 0 Å². The van der Waals surface area contributed by atoms with E-state index >= 15 is 0 Å². The fourth-order valence-corrected chi connectivity index (χ4v) is 3.09. The number of benzene rings is 1. The van der Waals surface area contributed by atoms with E-state index in [2.05, 4.69) is 57.3 Å². The zero-order chi connectivity index (χ0) is 13.5. The molecule has 122 valence electrons. The summed E-state index contributed by atoms with van der Waals surface area (Å²) in [5, 5.41) is 3.45. The fraction of sp³-hybridized carbons (Fsp3) is 0.625. The molecule has 5 heteroatoms. The summed E-state index contributed by atoms with van der Waals surface area (Å²) in [6, 6.07) is 9.50. The highest BCUT2D eigenvalue weighted by Crippen LogP contribution is 2.28. The van der Waals surface area contributed by atoms with E-state index in [4.69, 9.17) is 0 Å². The predicted molar refractivity (Wildman–Crippen MR) is 100.0 cm³/mol. The van der Waals surface area contributed by atoms with Gasteiger partial charge in [0.05, 0.1) is 0 Å². The van der Waals surface area contributed by atoms with Gasteiger partial charge >= 0.3 is 0 Å². The smallest absolute Gasteiger partial charge is 0.0349 e. The Kier molecular flexibility index (Phi) is 11.8. The van der Waals surface area contributed by atoms with Crippen LogP contribution in [0.2, 0.25) is 0 Å². The van der Waals surface area contributed by atoms with E-state index in [0.717, 1.165) is 13.1 Å². The molecule has 1 heterocycles. The molecule has 0 radical (unpaired) electrons. The Labute approximate surface area is 150 Å². The normalized spacial score (nSPS) is 16.7. The molecule has 1 aromatic rings. The van der Waals surface area contributed by atoms with Crippen molar-refractivity contribution in [2.75, 3.05) is 26.2 Å². The first-order valence-electron chi connectivity index (χ1n) is 7.51. The van der Waals surface area contributed by atoms with Crippen LogP contribution < -0.4 is 5.32 Å². The standard InChI is InChI=1S/C16H25BrN2.2ClH/c1-2-3-4-5-16(19-12-10-18-11-13-19)14-6-8-15(17)9-7-14;;/h6-9,16,18H,2-5,10-13H2,1H3;2*1H/t16-;;/m0../s1. The molecule has 0 bridgehead atoms. The minimum Gasteiger partial charge on any atom is -0.314 e. The third-order valence-corrected chi connectivity index (χ3v) is 4.46. The first-order valence-corrected chi connectivity index (χ1v) is 8.31. The van der Waals surface area contributed by atoms with Crippen LogP contribution in [0.1, 0.15) is 44.2 Å². The molecule has 2 rings (SSSR count). The summed E-state index contributed by atoms with van der Waals surface area (Å²) in [6.07, 6.45) is 5.27. The molecular formula is C16H27BrCl2N2. The Morgan fingerprint density at radius 1 is 1.10 bits per heavy atom. The lowest BCUT2D eigenvalue weighted by atomic mass is 9.98. The van der Waals surface area contributed by atoms with E-state index < -0.39 is 0 Å². The van der Waals surface area contributed by atoms with E-state index in [0.29, 0.717) is 6.04 Å². The molecule has 1 fully saturated rings. The van der Waals surface area contributed by atoms with Crippen LogP contribution in [-0.4, -0.2) is 31.1 Å². The maximum atomic E-state index is 3.53. The van der Waals surface area contributed by atoms with Crippen LogP contribution in [0.4, 0.5) is 0 Å². The molecular weight excluding hydrogens is 371 g/mol. The molecule has 0 unspecified atom stereocenters. The van der Waals surface area contributed by atoms with Gasteiger partial charge in [-0.05, 0) is 24.1 Å². The number of rotatable bonds is 6. The van der Waals surface area contributed by atoms with Crippen molar-refractivity contribution in [1.29, 1.82) is 0 Å². The van der Waals surface area contributed by atoms with Crippen molar-refractivity contribution in [1.82, 2.24) is 10.2 Å². The van der Waals surface area contributed by atoms with E-state index in [1.165, 1.54) is 48.8 Å². The van der Waals surface area contributed by atoms with Crippen LogP contribution in [0.3, 0.4) is 0 Å². The Morgan fingerprint density at radius 3 is 2.29 bits per heavy atom. The van der Waals surface area contributed by atoms with Crippen LogP contribution in [0.15, 0.2) is 28.7 Å². The van der Waals surface area contributed by atoms with Crippen molar-refractivity contribution >= 4 is 40.7 Å². The quantitative estimate of drug-likeness (QED) is 0.692. The van der Waals surface area contributed by atoms with Crippen LogP contribution >= 0.6 is 40.7 Å². The molecule has 1 N–H and O–H groups in total. The summed E-state index contributed by atoms with van der Waals surface area (Å²) in [4.78, 5) is 2.65. The topological polar surface area (TPSA) is 15.3 Å². The van der Waals surface area contributed by atoms with Crippen molar-refractivity contribution in [2.24, 2.45) is 0 Å². The largest absolute Gasteiger partial charge is 0.314 e. The van der Waals surface area contributed by atoms with Crippen molar-refractivity contribution in [3.05, 3.63) is 34.3 Å². The molecule has 0 spiro atoms. The molecule has 0 aromatic heterocycles. The van der Waals surface area contributed by atoms with Gasteiger partial charge in [0.2, 0.25) is 0 Å². The van der Waals surface area contributed by atoms with Crippen molar-refractivity contribution in [2.45, 2.75) is 38.6 Å². The summed E-state index contributed by atoms with van der Waals surface area (Å²) in [7, 11) is 0. The van der Waals surface area contributed by atoms with Crippen molar-refractivity contribution < 1.29 is 0 Å². The molecule has 2 nitrogen and oxygen atoms in total. The third-order valence-electron chi connectivity index (χ3n) is 3.93. The van der Waals surface area contributed by atoms with E-state index in [1.54, 1.807) is 0 Å². The average molecular weight is 398 g/mol. The first-order chi connectivity index (χ1) is 9.31. The minimum atomic E-state index is 0. The van der Waals surface area contributed by atoms with Gasteiger partial charge in [0.25, 0.3) is 0 Å². The maximum Gasteiger partial charge on any atom is 0.0349 e. The van der Waals surface area contributed by atoms with Gasteiger partial charge in [-0.1, -0.05) is 54.2 Å². The van der Waals surface area contributed by atoms with Gasteiger partial charge in [0.15, 0.2) is 0 Å². The van der Waals surface area contributed by atoms with Gasteiger partial charge < -0.3 is 5.32 Å². The summed E-state index contributed by atoms with van der Waals surface area (Å²) >= 11 is 3.53. The third kappa shape index (κ3) is 6.87. The zero-order valence-corrected chi connectivity index (χ0v) is 15.9. The second-order valence-corrected chi connectivity index (χ2v) is 6.26. The SMILES string of the molecule is CCCCC[C@@H](c1ccc(Br)cc1)N1CCNCC1.Cl.Cl. The number of piperazine rings is 1. The lowest BCUT2D eigenvalue weighted by Crippen LogP contribution is -2.45. The number of unbranched alkanes of at least 4 members (excludes halogenated alkanes) is 2. The van der Waals surface area contributed by atoms with E-state index in [9.17, 15) is 0 Å².